The molecule has 0 bridgehead atoms. The number of benzene rings is 3. The van der Waals surface area contributed by atoms with Gasteiger partial charge in [0.05, 0.1) is 12.6 Å². The van der Waals surface area contributed by atoms with Gasteiger partial charge in [0.2, 0.25) is 0 Å². The molecule has 1 aliphatic heterocycles. The number of carbonyl (C=O) groups is 1. The lowest BCUT2D eigenvalue weighted by Crippen LogP contribution is -2.48. The lowest BCUT2D eigenvalue weighted by Gasteiger charge is -2.41. The molecule has 2 atom stereocenters. The van der Waals surface area contributed by atoms with Crippen LogP contribution in [0.1, 0.15) is 35.3 Å². The number of H-pyrrole nitrogens is 1. The summed E-state index contributed by atoms with van der Waals surface area (Å²) < 4.78 is 5.54. The van der Waals surface area contributed by atoms with Gasteiger partial charge in [0.25, 0.3) is 0 Å². The normalized spacial score (nSPS) is 18.4. The molecule has 4 nitrogen and oxygen atoms in total. The second kappa shape index (κ2) is 8.81. The van der Waals surface area contributed by atoms with Gasteiger partial charge in [-0.1, -0.05) is 72.3 Å². The van der Waals surface area contributed by atoms with Crippen LogP contribution in [0.5, 0.6) is 0 Å². The lowest BCUT2D eigenvalue weighted by atomic mass is 9.87. The third kappa shape index (κ3) is 3.81. The number of esters is 1. The Hall–Kier alpha value is -3.08. The molecule has 162 valence electrons. The number of halogens is 1. The monoisotopic (exact) mass is 444 g/mol. The number of carbonyl (C=O) groups excluding carboxylic acids is 1. The van der Waals surface area contributed by atoms with Crippen LogP contribution in [0.15, 0.2) is 78.9 Å². The van der Waals surface area contributed by atoms with E-state index in [4.69, 9.17) is 16.3 Å². The number of para-hydroxylation sites is 1. The average Bonchev–Trinajstić information content (AvgIpc) is 3.18. The minimum absolute atomic E-state index is 0.127. The number of aromatic amines is 1. The molecule has 0 unspecified atom stereocenters. The molecule has 3 aromatic carbocycles. The van der Waals surface area contributed by atoms with Crippen LogP contribution in [-0.2, 0) is 22.5 Å². The van der Waals surface area contributed by atoms with Crippen molar-refractivity contribution in [2.75, 3.05) is 6.61 Å². The number of hydrogen-bond donors (Lipinski definition) is 1. The Morgan fingerprint density at radius 3 is 2.50 bits per heavy atom. The summed E-state index contributed by atoms with van der Waals surface area (Å²) in [6.45, 7) is 2.85. The van der Waals surface area contributed by atoms with E-state index < -0.39 is 0 Å². The Morgan fingerprint density at radius 2 is 1.75 bits per heavy atom. The summed E-state index contributed by atoms with van der Waals surface area (Å²) >= 11 is 6.21. The minimum atomic E-state index is -0.387. The molecule has 0 saturated heterocycles. The van der Waals surface area contributed by atoms with Crippen molar-refractivity contribution in [3.05, 3.63) is 106 Å². The number of aromatic nitrogens is 1. The maximum atomic E-state index is 13.2. The molecule has 1 aromatic heterocycles. The predicted octanol–water partition coefficient (Wildman–Crippen LogP) is 5.90. The first-order valence-electron chi connectivity index (χ1n) is 11.0. The van der Waals surface area contributed by atoms with Crippen LogP contribution < -0.4 is 0 Å². The number of ether oxygens (including phenoxy) is 1. The number of nitrogens with one attached hydrogen (secondary N) is 1. The van der Waals surface area contributed by atoms with E-state index >= 15 is 0 Å². The van der Waals surface area contributed by atoms with Crippen molar-refractivity contribution in [3.8, 4) is 0 Å². The summed E-state index contributed by atoms with van der Waals surface area (Å²) in [7, 11) is 0. The average molecular weight is 445 g/mol. The van der Waals surface area contributed by atoms with Gasteiger partial charge in [-0.3, -0.25) is 9.69 Å². The minimum Gasteiger partial charge on any atom is -0.465 e. The van der Waals surface area contributed by atoms with Crippen molar-refractivity contribution >= 4 is 28.5 Å². The predicted molar refractivity (Wildman–Crippen MR) is 128 cm³/mol. The topological polar surface area (TPSA) is 45.3 Å². The number of hydrogen-bond acceptors (Lipinski definition) is 3. The van der Waals surface area contributed by atoms with Crippen LogP contribution in [0.2, 0.25) is 5.02 Å². The quantitative estimate of drug-likeness (QED) is 0.390. The van der Waals surface area contributed by atoms with Gasteiger partial charge in [0.15, 0.2) is 0 Å². The SMILES string of the molecule is CCOC(=O)[C@@H]1Cc2c([nH]c3ccccc23)[C@H](c2ccc(Cl)cc2)N1Cc1ccccc1. The van der Waals surface area contributed by atoms with Crippen molar-refractivity contribution in [3.63, 3.8) is 0 Å². The highest BCUT2D eigenvalue weighted by Gasteiger charge is 2.41. The zero-order chi connectivity index (χ0) is 22.1. The number of rotatable bonds is 5. The second-order valence-electron chi connectivity index (χ2n) is 8.15. The standard InChI is InChI=1S/C27H25ClN2O2/c1-2-32-27(31)24-16-22-21-10-6-7-11-23(21)29-25(22)26(19-12-14-20(28)15-13-19)30(24)17-18-8-4-3-5-9-18/h3-15,24,26,29H,2,16-17H2,1H3/t24-,26-/m0/s1. The molecule has 1 aliphatic rings. The summed E-state index contributed by atoms with van der Waals surface area (Å²) in [5.41, 5.74) is 5.64. The fraction of sp³-hybridized carbons (Fsp3) is 0.222. The highest BCUT2D eigenvalue weighted by atomic mass is 35.5. The Bertz CT molecular complexity index is 1230. The van der Waals surface area contributed by atoms with Gasteiger partial charge in [-0.2, -0.15) is 0 Å². The Labute approximate surface area is 192 Å². The van der Waals surface area contributed by atoms with Gasteiger partial charge in [0.1, 0.15) is 6.04 Å². The first kappa shape index (κ1) is 20.8. The molecule has 2 heterocycles. The van der Waals surface area contributed by atoms with Crippen LogP contribution in [0.4, 0.5) is 0 Å². The first-order chi connectivity index (χ1) is 15.7. The maximum absolute atomic E-state index is 13.2. The third-order valence-corrected chi connectivity index (χ3v) is 6.45. The van der Waals surface area contributed by atoms with Gasteiger partial charge >= 0.3 is 5.97 Å². The van der Waals surface area contributed by atoms with Gasteiger partial charge in [-0.25, -0.2) is 0 Å². The molecular formula is C27H25ClN2O2. The van der Waals surface area contributed by atoms with Gasteiger partial charge in [-0.15, -0.1) is 0 Å². The van der Waals surface area contributed by atoms with E-state index in [0.717, 1.165) is 27.7 Å². The molecule has 5 heteroatoms. The van der Waals surface area contributed by atoms with Crippen molar-refractivity contribution < 1.29 is 9.53 Å². The number of fused-ring (bicyclic) bond motifs is 3. The van der Waals surface area contributed by atoms with E-state index in [-0.39, 0.29) is 18.1 Å². The van der Waals surface area contributed by atoms with Crippen LogP contribution in [0.25, 0.3) is 10.9 Å². The summed E-state index contributed by atoms with van der Waals surface area (Å²) in [5.74, 6) is -0.182. The summed E-state index contributed by atoms with van der Waals surface area (Å²) in [5, 5.41) is 1.85. The van der Waals surface area contributed by atoms with E-state index in [1.54, 1.807) is 0 Å². The van der Waals surface area contributed by atoms with Gasteiger partial charge in [0, 0.05) is 34.6 Å². The van der Waals surface area contributed by atoms with E-state index in [1.165, 1.54) is 5.56 Å². The molecule has 0 fully saturated rings. The zero-order valence-corrected chi connectivity index (χ0v) is 18.7. The molecule has 32 heavy (non-hydrogen) atoms. The first-order valence-corrected chi connectivity index (χ1v) is 11.3. The van der Waals surface area contributed by atoms with E-state index in [1.807, 2.05) is 61.5 Å². The van der Waals surface area contributed by atoms with E-state index in [2.05, 4.69) is 34.1 Å². The molecular weight excluding hydrogens is 420 g/mol. The van der Waals surface area contributed by atoms with Gasteiger partial charge in [-0.05, 0) is 41.8 Å². The summed E-state index contributed by atoms with van der Waals surface area (Å²) in [6.07, 6.45) is 0.606. The van der Waals surface area contributed by atoms with Gasteiger partial charge < -0.3 is 9.72 Å². The molecule has 0 aliphatic carbocycles. The molecule has 0 saturated carbocycles. The highest BCUT2D eigenvalue weighted by molar-refractivity contribution is 6.30. The number of nitrogens with zero attached hydrogens (tertiary/aromatic N) is 1. The fourth-order valence-corrected chi connectivity index (χ4v) is 4.91. The lowest BCUT2D eigenvalue weighted by molar-refractivity contribution is -0.151. The molecule has 0 spiro atoms. The van der Waals surface area contributed by atoms with Crippen molar-refractivity contribution in [1.82, 2.24) is 9.88 Å². The zero-order valence-electron chi connectivity index (χ0n) is 17.9. The van der Waals surface area contributed by atoms with Crippen LogP contribution >= 0.6 is 11.6 Å². The Balaban J connectivity index is 1.70. The van der Waals surface area contributed by atoms with E-state index in [0.29, 0.717) is 24.6 Å². The molecule has 0 amide bonds. The Morgan fingerprint density at radius 1 is 1.03 bits per heavy atom. The van der Waals surface area contributed by atoms with Crippen molar-refractivity contribution in [1.29, 1.82) is 0 Å². The fourth-order valence-electron chi connectivity index (χ4n) is 4.79. The van der Waals surface area contributed by atoms with Crippen LogP contribution in [-0.4, -0.2) is 28.5 Å². The molecule has 1 N–H and O–H groups in total. The largest absolute Gasteiger partial charge is 0.465 e. The van der Waals surface area contributed by atoms with Crippen molar-refractivity contribution in [2.24, 2.45) is 0 Å². The summed E-state index contributed by atoms with van der Waals surface area (Å²) in [6, 6.07) is 26.0. The van der Waals surface area contributed by atoms with Crippen molar-refractivity contribution in [2.45, 2.75) is 32.0 Å². The highest BCUT2D eigenvalue weighted by Crippen LogP contribution is 2.42. The maximum Gasteiger partial charge on any atom is 0.323 e. The smallest absolute Gasteiger partial charge is 0.323 e. The molecule has 0 radical (unpaired) electrons. The Kier molecular flexibility index (Phi) is 5.73. The third-order valence-electron chi connectivity index (χ3n) is 6.20. The molecule has 4 aromatic rings. The van der Waals surface area contributed by atoms with Crippen LogP contribution in [0.3, 0.4) is 0 Å². The second-order valence-corrected chi connectivity index (χ2v) is 8.58. The van der Waals surface area contributed by atoms with E-state index in [9.17, 15) is 4.79 Å². The summed E-state index contributed by atoms with van der Waals surface area (Å²) in [4.78, 5) is 19.1. The molecule has 5 rings (SSSR count). The van der Waals surface area contributed by atoms with Crippen LogP contribution in [0, 0.1) is 0 Å².